The fraction of sp³-hybridized carbons (Fsp3) is 0.714. The molecule has 1 saturated heterocycles. The van der Waals surface area contributed by atoms with Crippen LogP contribution in [0.5, 0.6) is 0 Å². The average Bonchev–Trinajstić information content (AvgIpc) is 1.88. The monoisotopic (exact) mass is 128 g/mol. The molecule has 1 N–H and O–H groups in total. The molecule has 1 rings (SSSR count). The molecular formula is C7H12O2. The standard InChI is InChI=1S/C7H12O2/c1-2-6-4-3-5-7(8)9-6/h2,6-8H,1,3-5H2/t6?,7-/m1/s1. The minimum atomic E-state index is -0.554. The fourth-order valence-corrected chi connectivity index (χ4v) is 1.00. The quantitative estimate of drug-likeness (QED) is 0.535. The van der Waals surface area contributed by atoms with Gasteiger partial charge in [0.1, 0.15) is 0 Å². The lowest BCUT2D eigenvalue weighted by Crippen LogP contribution is -2.25. The van der Waals surface area contributed by atoms with Crippen molar-refractivity contribution in [2.45, 2.75) is 31.7 Å². The highest BCUT2D eigenvalue weighted by atomic mass is 16.6. The van der Waals surface area contributed by atoms with E-state index in [1.807, 2.05) is 0 Å². The summed E-state index contributed by atoms with van der Waals surface area (Å²) in [5.74, 6) is 0. The van der Waals surface area contributed by atoms with Gasteiger partial charge >= 0.3 is 0 Å². The second kappa shape index (κ2) is 2.99. The van der Waals surface area contributed by atoms with Crippen molar-refractivity contribution in [3.05, 3.63) is 12.7 Å². The maximum atomic E-state index is 8.94. The summed E-state index contributed by atoms with van der Waals surface area (Å²) in [6.07, 6.45) is 4.07. The van der Waals surface area contributed by atoms with Gasteiger partial charge in [0, 0.05) is 0 Å². The molecule has 0 radical (unpaired) electrons. The highest BCUT2D eigenvalue weighted by molar-refractivity contribution is 4.82. The Labute approximate surface area is 55.1 Å². The summed E-state index contributed by atoms with van der Waals surface area (Å²) in [7, 11) is 0. The van der Waals surface area contributed by atoms with Crippen LogP contribution in [0, 0.1) is 0 Å². The van der Waals surface area contributed by atoms with Gasteiger partial charge in [0.05, 0.1) is 6.10 Å². The van der Waals surface area contributed by atoms with Crippen LogP contribution in [0.4, 0.5) is 0 Å². The lowest BCUT2D eigenvalue weighted by atomic mass is 10.1. The third-order valence-corrected chi connectivity index (χ3v) is 1.53. The van der Waals surface area contributed by atoms with Gasteiger partial charge in [-0.3, -0.25) is 0 Å². The number of aliphatic hydroxyl groups excluding tert-OH is 1. The summed E-state index contributed by atoms with van der Waals surface area (Å²) in [6, 6.07) is 0. The Bertz CT molecular complexity index is 101. The summed E-state index contributed by atoms with van der Waals surface area (Å²) in [6.45, 7) is 3.58. The first kappa shape index (κ1) is 6.78. The van der Waals surface area contributed by atoms with Crippen LogP contribution >= 0.6 is 0 Å². The Morgan fingerprint density at radius 1 is 1.56 bits per heavy atom. The van der Waals surface area contributed by atoms with Crippen molar-refractivity contribution in [3.63, 3.8) is 0 Å². The van der Waals surface area contributed by atoms with Crippen LogP contribution in [0.3, 0.4) is 0 Å². The van der Waals surface area contributed by atoms with Crippen LogP contribution < -0.4 is 0 Å². The Balaban J connectivity index is 2.31. The van der Waals surface area contributed by atoms with E-state index >= 15 is 0 Å². The Kier molecular flexibility index (Phi) is 2.25. The van der Waals surface area contributed by atoms with Crippen molar-refractivity contribution < 1.29 is 9.84 Å². The molecule has 1 aliphatic heterocycles. The van der Waals surface area contributed by atoms with Crippen LogP contribution in [0.1, 0.15) is 19.3 Å². The molecule has 1 unspecified atom stereocenters. The summed E-state index contributed by atoms with van der Waals surface area (Å²) in [5.41, 5.74) is 0. The van der Waals surface area contributed by atoms with E-state index in [1.165, 1.54) is 0 Å². The topological polar surface area (TPSA) is 29.5 Å². The number of aliphatic hydroxyl groups is 1. The third kappa shape index (κ3) is 1.80. The minimum Gasteiger partial charge on any atom is -0.368 e. The van der Waals surface area contributed by atoms with E-state index in [0.29, 0.717) is 0 Å². The molecule has 0 spiro atoms. The van der Waals surface area contributed by atoms with E-state index in [9.17, 15) is 0 Å². The second-order valence-corrected chi connectivity index (χ2v) is 2.30. The molecule has 0 aromatic rings. The van der Waals surface area contributed by atoms with Gasteiger partial charge in [0.2, 0.25) is 0 Å². The van der Waals surface area contributed by atoms with Crippen molar-refractivity contribution >= 4 is 0 Å². The van der Waals surface area contributed by atoms with Gasteiger partial charge in [-0.1, -0.05) is 6.08 Å². The molecule has 2 heteroatoms. The number of ether oxygens (including phenoxy) is 1. The van der Waals surface area contributed by atoms with Crippen LogP contribution in [-0.2, 0) is 4.74 Å². The first-order valence-electron chi connectivity index (χ1n) is 3.29. The molecule has 1 aliphatic rings. The molecule has 0 aromatic heterocycles. The van der Waals surface area contributed by atoms with Crippen LogP contribution in [0.2, 0.25) is 0 Å². The molecule has 0 amide bonds. The average molecular weight is 128 g/mol. The predicted octanol–water partition coefficient (Wildman–Crippen LogP) is 1.06. The van der Waals surface area contributed by atoms with E-state index in [-0.39, 0.29) is 6.10 Å². The van der Waals surface area contributed by atoms with E-state index in [0.717, 1.165) is 19.3 Å². The lowest BCUT2D eigenvalue weighted by molar-refractivity contribution is -0.147. The number of hydrogen-bond donors (Lipinski definition) is 1. The summed E-state index contributed by atoms with van der Waals surface area (Å²) in [5, 5.41) is 8.94. The first-order chi connectivity index (χ1) is 4.33. The highest BCUT2D eigenvalue weighted by Crippen LogP contribution is 2.17. The molecule has 0 aromatic carbocycles. The zero-order valence-corrected chi connectivity index (χ0v) is 5.42. The Hall–Kier alpha value is -0.340. The maximum absolute atomic E-state index is 8.94. The summed E-state index contributed by atoms with van der Waals surface area (Å²) >= 11 is 0. The van der Waals surface area contributed by atoms with Crippen molar-refractivity contribution in [3.8, 4) is 0 Å². The van der Waals surface area contributed by atoms with Crippen molar-refractivity contribution in [1.29, 1.82) is 0 Å². The summed E-state index contributed by atoms with van der Waals surface area (Å²) < 4.78 is 5.07. The highest BCUT2D eigenvalue weighted by Gasteiger charge is 2.16. The van der Waals surface area contributed by atoms with Gasteiger partial charge in [-0.15, -0.1) is 6.58 Å². The van der Waals surface area contributed by atoms with E-state index < -0.39 is 6.29 Å². The minimum absolute atomic E-state index is 0.0775. The van der Waals surface area contributed by atoms with Crippen molar-refractivity contribution in [2.75, 3.05) is 0 Å². The number of hydrogen-bond acceptors (Lipinski definition) is 2. The third-order valence-electron chi connectivity index (χ3n) is 1.53. The van der Waals surface area contributed by atoms with Gasteiger partial charge in [-0.2, -0.15) is 0 Å². The smallest absolute Gasteiger partial charge is 0.155 e. The molecule has 2 atom stereocenters. The van der Waals surface area contributed by atoms with E-state index in [1.54, 1.807) is 6.08 Å². The normalized spacial score (nSPS) is 36.1. The molecule has 1 fully saturated rings. The van der Waals surface area contributed by atoms with Crippen LogP contribution in [0.15, 0.2) is 12.7 Å². The van der Waals surface area contributed by atoms with Crippen LogP contribution in [-0.4, -0.2) is 17.5 Å². The fourth-order valence-electron chi connectivity index (χ4n) is 1.00. The SMILES string of the molecule is C=CC1CCC[C@H](O)O1. The number of rotatable bonds is 1. The Morgan fingerprint density at radius 3 is 2.78 bits per heavy atom. The maximum Gasteiger partial charge on any atom is 0.155 e. The zero-order chi connectivity index (χ0) is 6.69. The Morgan fingerprint density at radius 2 is 2.33 bits per heavy atom. The molecule has 9 heavy (non-hydrogen) atoms. The predicted molar refractivity (Wildman–Crippen MR) is 34.9 cm³/mol. The zero-order valence-electron chi connectivity index (χ0n) is 5.42. The molecule has 2 nitrogen and oxygen atoms in total. The van der Waals surface area contributed by atoms with Gasteiger partial charge in [-0.25, -0.2) is 0 Å². The second-order valence-electron chi connectivity index (χ2n) is 2.30. The molecular weight excluding hydrogens is 116 g/mol. The van der Waals surface area contributed by atoms with Gasteiger partial charge in [0.15, 0.2) is 6.29 Å². The van der Waals surface area contributed by atoms with Crippen LogP contribution in [0.25, 0.3) is 0 Å². The lowest BCUT2D eigenvalue weighted by Gasteiger charge is -2.23. The molecule has 1 heterocycles. The largest absolute Gasteiger partial charge is 0.368 e. The summed E-state index contributed by atoms with van der Waals surface area (Å²) in [4.78, 5) is 0. The molecule has 0 bridgehead atoms. The van der Waals surface area contributed by atoms with E-state index in [2.05, 4.69) is 6.58 Å². The molecule has 0 saturated carbocycles. The van der Waals surface area contributed by atoms with Crippen molar-refractivity contribution in [1.82, 2.24) is 0 Å². The van der Waals surface area contributed by atoms with Crippen molar-refractivity contribution in [2.24, 2.45) is 0 Å². The molecule has 0 aliphatic carbocycles. The molecule has 52 valence electrons. The van der Waals surface area contributed by atoms with Gasteiger partial charge in [-0.05, 0) is 19.3 Å². The first-order valence-corrected chi connectivity index (χ1v) is 3.29. The van der Waals surface area contributed by atoms with E-state index in [4.69, 9.17) is 9.84 Å². The van der Waals surface area contributed by atoms with Gasteiger partial charge in [0.25, 0.3) is 0 Å². The van der Waals surface area contributed by atoms with Gasteiger partial charge < -0.3 is 9.84 Å².